The number of phenolic OH excluding ortho intramolecular Hbond substituents is 1. The molecular formula is C29H45NO2. The van der Waals surface area contributed by atoms with Crippen LogP contribution in [0.3, 0.4) is 0 Å². The van der Waals surface area contributed by atoms with Gasteiger partial charge in [-0.3, -0.25) is 4.90 Å². The first kappa shape index (κ1) is 23.7. The number of hydrogen-bond acceptors (Lipinski definition) is 3. The lowest BCUT2D eigenvalue weighted by atomic mass is 9.46. The fourth-order valence-electron chi connectivity index (χ4n) is 7.20. The quantitative estimate of drug-likeness (QED) is 0.342. The number of hydrogen-bond donors (Lipinski definition) is 1. The van der Waals surface area contributed by atoms with Crippen molar-refractivity contribution in [2.75, 3.05) is 19.6 Å². The second kappa shape index (κ2) is 9.05. The molecule has 1 aromatic rings. The van der Waals surface area contributed by atoms with Crippen LogP contribution in [0.1, 0.15) is 98.0 Å². The molecule has 0 unspecified atom stereocenters. The highest BCUT2D eigenvalue weighted by atomic mass is 16.5. The third-order valence-corrected chi connectivity index (χ3v) is 8.89. The number of phenols is 1. The summed E-state index contributed by atoms with van der Waals surface area (Å²) in [6, 6.07) is 5.90. The van der Waals surface area contributed by atoms with Gasteiger partial charge in [-0.15, -0.1) is 0 Å². The topological polar surface area (TPSA) is 32.7 Å². The Balaban J connectivity index is 1.79. The van der Waals surface area contributed by atoms with Crippen LogP contribution >= 0.6 is 0 Å². The van der Waals surface area contributed by atoms with Crippen LogP contribution in [0.25, 0.3) is 0 Å². The van der Waals surface area contributed by atoms with E-state index in [2.05, 4.69) is 51.7 Å². The fraction of sp³-hybridized carbons (Fsp3) is 0.724. The van der Waals surface area contributed by atoms with Crippen LogP contribution in [0.4, 0.5) is 0 Å². The number of rotatable bonds is 8. The first-order chi connectivity index (χ1) is 15.2. The van der Waals surface area contributed by atoms with Crippen LogP contribution in [-0.2, 0) is 5.41 Å². The zero-order valence-corrected chi connectivity index (χ0v) is 21.2. The highest BCUT2D eigenvalue weighted by Gasteiger charge is 2.61. The standard InChI is InChI=1S/C29H45NO2/c1-6-7-8-9-17-27(2,3)29-20-22(21-30-18-10-11-19-30)15-16-25(29)28(4,5)32-24-14-12-13-23(31)26(24)29/h12-15,25,31H,6-11,16-21H2,1-5H3/t25-,29-/m1/s1. The minimum Gasteiger partial charge on any atom is -0.508 e. The Bertz CT molecular complexity index is 834. The monoisotopic (exact) mass is 439 g/mol. The van der Waals surface area contributed by atoms with Gasteiger partial charge in [0.15, 0.2) is 0 Å². The van der Waals surface area contributed by atoms with Crippen LogP contribution in [0.15, 0.2) is 29.8 Å². The molecule has 0 saturated carbocycles. The minimum atomic E-state index is -0.267. The van der Waals surface area contributed by atoms with Crippen molar-refractivity contribution in [1.29, 1.82) is 0 Å². The summed E-state index contributed by atoms with van der Waals surface area (Å²) < 4.78 is 6.60. The lowest BCUT2D eigenvalue weighted by Crippen LogP contribution is -2.61. The average molecular weight is 440 g/mol. The maximum atomic E-state index is 11.3. The maximum absolute atomic E-state index is 11.3. The summed E-state index contributed by atoms with van der Waals surface area (Å²) in [6.07, 6.45) is 13.5. The Kier molecular flexibility index (Phi) is 6.69. The molecule has 3 aliphatic rings. The predicted molar refractivity (Wildman–Crippen MR) is 134 cm³/mol. The van der Waals surface area contributed by atoms with Gasteiger partial charge >= 0.3 is 0 Å². The minimum absolute atomic E-state index is 0.0601. The van der Waals surface area contributed by atoms with E-state index in [9.17, 15) is 5.11 Å². The second-order valence-corrected chi connectivity index (χ2v) is 11.8. The molecule has 4 rings (SSSR count). The molecule has 1 fully saturated rings. The van der Waals surface area contributed by atoms with Gasteiger partial charge in [-0.25, -0.2) is 0 Å². The molecule has 3 nitrogen and oxygen atoms in total. The molecule has 0 amide bonds. The molecular weight excluding hydrogens is 394 g/mol. The third-order valence-electron chi connectivity index (χ3n) is 8.89. The van der Waals surface area contributed by atoms with Gasteiger partial charge in [0, 0.05) is 23.4 Å². The molecule has 0 bridgehead atoms. The molecule has 1 saturated heterocycles. The lowest BCUT2D eigenvalue weighted by Gasteiger charge is -2.61. The Labute approximate surface area is 196 Å². The van der Waals surface area contributed by atoms with E-state index in [1.54, 1.807) is 5.57 Å². The number of aromatic hydroxyl groups is 1. The normalized spacial score (nSPS) is 27.4. The summed E-state index contributed by atoms with van der Waals surface area (Å²) in [6.45, 7) is 15.3. The van der Waals surface area contributed by atoms with Crippen molar-refractivity contribution in [3.05, 3.63) is 35.4 Å². The van der Waals surface area contributed by atoms with Gasteiger partial charge in [0.1, 0.15) is 17.1 Å². The van der Waals surface area contributed by atoms with Crippen LogP contribution in [-0.4, -0.2) is 35.2 Å². The Morgan fingerprint density at radius 1 is 1.12 bits per heavy atom. The number of nitrogens with zero attached hydrogens (tertiary/aromatic N) is 1. The zero-order chi connectivity index (χ0) is 23.0. The number of fused-ring (bicyclic) bond motifs is 3. The van der Waals surface area contributed by atoms with Gasteiger partial charge in [-0.1, -0.05) is 64.2 Å². The second-order valence-electron chi connectivity index (χ2n) is 11.8. The number of ether oxygens (including phenoxy) is 1. The first-order valence-corrected chi connectivity index (χ1v) is 13.1. The van der Waals surface area contributed by atoms with Crippen molar-refractivity contribution in [2.24, 2.45) is 11.3 Å². The SMILES string of the molecule is CCCCCCC(C)(C)[C@]12CC(CN3CCCC3)=CC[C@@H]1C(C)(C)Oc1cccc(O)c12. The van der Waals surface area contributed by atoms with Crippen LogP contribution in [0, 0.1) is 11.3 Å². The number of unbranched alkanes of at least 4 members (excludes halogenated alkanes) is 3. The number of likely N-dealkylation sites (tertiary alicyclic amines) is 1. The van der Waals surface area contributed by atoms with Gasteiger partial charge in [0.05, 0.1) is 0 Å². The number of allylic oxidation sites excluding steroid dienone is 1. The summed E-state index contributed by atoms with van der Waals surface area (Å²) in [5, 5.41) is 11.3. The van der Waals surface area contributed by atoms with Gasteiger partial charge in [-0.2, -0.15) is 0 Å². The molecule has 2 heterocycles. The summed E-state index contributed by atoms with van der Waals surface area (Å²) in [5.74, 6) is 1.67. The molecule has 1 aromatic carbocycles. The van der Waals surface area contributed by atoms with E-state index < -0.39 is 0 Å². The maximum Gasteiger partial charge on any atom is 0.127 e. The van der Waals surface area contributed by atoms with E-state index in [1.165, 1.54) is 58.0 Å². The molecule has 0 spiro atoms. The smallest absolute Gasteiger partial charge is 0.127 e. The van der Waals surface area contributed by atoms with Crippen molar-refractivity contribution in [3.8, 4) is 11.5 Å². The molecule has 0 aromatic heterocycles. The Hall–Kier alpha value is -1.48. The van der Waals surface area contributed by atoms with E-state index in [1.807, 2.05) is 12.1 Å². The van der Waals surface area contributed by atoms with E-state index >= 15 is 0 Å². The van der Waals surface area contributed by atoms with Crippen LogP contribution < -0.4 is 4.74 Å². The van der Waals surface area contributed by atoms with Crippen molar-refractivity contribution in [2.45, 2.75) is 103 Å². The molecule has 178 valence electrons. The van der Waals surface area contributed by atoms with Gasteiger partial charge in [-0.05, 0) is 76.6 Å². The summed E-state index contributed by atoms with van der Waals surface area (Å²) in [4.78, 5) is 2.63. The molecule has 2 aliphatic heterocycles. The largest absolute Gasteiger partial charge is 0.508 e. The van der Waals surface area contributed by atoms with Gasteiger partial charge in [0.25, 0.3) is 0 Å². The van der Waals surface area contributed by atoms with E-state index in [0.717, 1.165) is 30.7 Å². The predicted octanol–water partition coefficient (Wildman–Crippen LogP) is 7.23. The highest BCUT2D eigenvalue weighted by Crippen LogP contribution is 2.65. The van der Waals surface area contributed by atoms with E-state index in [0.29, 0.717) is 11.7 Å². The molecule has 2 atom stereocenters. The highest BCUT2D eigenvalue weighted by molar-refractivity contribution is 5.55. The van der Waals surface area contributed by atoms with Gasteiger partial charge < -0.3 is 9.84 Å². The van der Waals surface area contributed by atoms with E-state index in [-0.39, 0.29) is 16.4 Å². The van der Waals surface area contributed by atoms with Gasteiger partial charge in [0.2, 0.25) is 0 Å². The number of benzene rings is 1. The zero-order valence-electron chi connectivity index (χ0n) is 21.2. The first-order valence-electron chi connectivity index (χ1n) is 13.1. The van der Waals surface area contributed by atoms with Crippen LogP contribution in [0.2, 0.25) is 0 Å². The molecule has 32 heavy (non-hydrogen) atoms. The summed E-state index contributed by atoms with van der Waals surface area (Å²) in [7, 11) is 0. The van der Waals surface area contributed by atoms with Crippen molar-refractivity contribution in [1.82, 2.24) is 4.90 Å². The molecule has 1 aliphatic carbocycles. The average Bonchev–Trinajstić information content (AvgIpc) is 3.23. The van der Waals surface area contributed by atoms with E-state index in [4.69, 9.17) is 4.74 Å². The Morgan fingerprint density at radius 3 is 2.59 bits per heavy atom. The van der Waals surface area contributed by atoms with Crippen molar-refractivity contribution >= 4 is 0 Å². The van der Waals surface area contributed by atoms with Crippen molar-refractivity contribution in [3.63, 3.8) is 0 Å². The fourth-order valence-corrected chi connectivity index (χ4v) is 7.20. The summed E-state index contributed by atoms with van der Waals surface area (Å²) >= 11 is 0. The lowest BCUT2D eigenvalue weighted by molar-refractivity contribution is -0.0761. The molecule has 3 heteroatoms. The van der Waals surface area contributed by atoms with Crippen molar-refractivity contribution < 1.29 is 9.84 Å². The van der Waals surface area contributed by atoms with Crippen LogP contribution in [0.5, 0.6) is 11.5 Å². The third kappa shape index (κ3) is 4.11. The Morgan fingerprint density at radius 2 is 1.88 bits per heavy atom. The molecule has 0 radical (unpaired) electrons. The summed E-state index contributed by atoms with van der Waals surface area (Å²) in [5.41, 5.74) is 2.32. The molecule has 1 N–H and O–H groups in total.